The molecule has 21 heavy (non-hydrogen) atoms. The smallest absolute Gasteiger partial charge is 0.260 e. The highest BCUT2D eigenvalue weighted by Crippen LogP contribution is 2.15. The maximum Gasteiger partial charge on any atom is 0.260 e. The Morgan fingerprint density at radius 1 is 1.19 bits per heavy atom. The van der Waals surface area contributed by atoms with Gasteiger partial charge in [0, 0.05) is 11.6 Å². The molecule has 2 aromatic heterocycles. The molecule has 1 aromatic carbocycles. The van der Waals surface area contributed by atoms with Crippen LogP contribution in [0.15, 0.2) is 53.5 Å². The predicted octanol–water partition coefficient (Wildman–Crippen LogP) is 2.59. The molecule has 0 atom stereocenters. The highest BCUT2D eigenvalue weighted by molar-refractivity contribution is 5.83. The largest absolute Gasteiger partial charge is 0.385 e. The molecule has 4 nitrogen and oxygen atoms in total. The lowest BCUT2D eigenvalue weighted by Gasteiger charge is -2.13. The molecule has 0 aliphatic heterocycles. The third kappa shape index (κ3) is 2.40. The number of hydrogen-bond donors (Lipinski definition) is 1. The van der Waals surface area contributed by atoms with Crippen LogP contribution in [0.1, 0.15) is 18.2 Å². The number of hydrogen-bond acceptors (Lipinski definition) is 3. The van der Waals surface area contributed by atoms with Crippen molar-refractivity contribution in [1.82, 2.24) is 9.55 Å². The highest BCUT2D eigenvalue weighted by Gasteiger charge is 2.09. The van der Waals surface area contributed by atoms with Crippen molar-refractivity contribution in [3.05, 3.63) is 70.3 Å². The van der Waals surface area contributed by atoms with E-state index in [1.54, 1.807) is 10.8 Å². The Morgan fingerprint density at radius 2 is 2.00 bits per heavy atom. The van der Waals surface area contributed by atoms with E-state index in [1.807, 2.05) is 42.5 Å². The van der Waals surface area contributed by atoms with Crippen LogP contribution in [0.25, 0.3) is 10.8 Å². The van der Waals surface area contributed by atoms with Crippen LogP contribution in [-0.2, 0) is 13.0 Å². The lowest BCUT2D eigenvalue weighted by Crippen LogP contribution is -2.24. The fourth-order valence-electron chi connectivity index (χ4n) is 2.57. The molecule has 106 valence electrons. The van der Waals surface area contributed by atoms with Crippen molar-refractivity contribution in [2.24, 2.45) is 0 Å². The first kappa shape index (κ1) is 13.4. The van der Waals surface area contributed by atoms with E-state index in [1.165, 1.54) is 0 Å². The van der Waals surface area contributed by atoms with Gasteiger partial charge in [-0.05, 0) is 35.6 Å². The van der Waals surface area contributed by atoms with Gasteiger partial charge in [0.25, 0.3) is 5.56 Å². The van der Waals surface area contributed by atoms with Crippen LogP contribution in [0.5, 0.6) is 0 Å². The SMILES string of the molecule is CCc1cccnc1Cn1c(N)cc2ccccc2c1=O. The summed E-state index contributed by atoms with van der Waals surface area (Å²) < 4.78 is 1.59. The topological polar surface area (TPSA) is 60.9 Å². The summed E-state index contributed by atoms with van der Waals surface area (Å²) in [5, 5.41) is 1.55. The number of nitrogens with zero attached hydrogens (tertiary/aromatic N) is 2. The van der Waals surface area contributed by atoms with E-state index in [4.69, 9.17) is 5.73 Å². The summed E-state index contributed by atoms with van der Waals surface area (Å²) in [6.07, 6.45) is 2.63. The Bertz CT molecular complexity index is 852. The predicted molar refractivity (Wildman–Crippen MR) is 85.3 cm³/mol. The molecule has 0 aliphatic rings. The van der Waals surface area contributed by atoms with Crippen molar-refractivity contribution in [2.75, 3.05) is 5.73 Å². The van der Waals surface area contributed by atoms with Gasteiger partial charge >= 0.3 is 0 Å². The van der Waals surface area contributed by atoms with E-state index in [2.05, 4.69) is 11.9 Å². The van der Waals surface area contributed by atoms with Gasteiger partial charge in [0.2, 0.25) is 0 Å². The molecule has 3 rings (SSSR count). The Labute approximate surface area is 122 Å². The second-order valence-corrected chi connectivity index (χ2v) is 5.01. The molecule has 0 radical (unpaired) electrons. The Balaban J connectivity index is 2.15. The number of anilines is 1. The third-order valence-corrected chi connectivity index (χ3v) is 3.72. The van der Waals surface area contributed by atoms with Gasteiger partial charge in [-0.25, -0.2) is 0 Å². The van der Waals surface area contributed by atoms with Crippen molar-refractivity contribution in [2.45, 2.75) is 19.9 Å². The van der Waals surface area contributed by atoms with Gasteiger partial charge in [-0.1, -0.05) is 31.2 Å². The van der Waals surface area contributed by atoms with Gasteiger partial charge in [0.15, 0.2) is 0 Å². The van der Waals surface area contributed by atoms with Gasteiger partial charge in [-0.3, -0.25) is 14.3 Å². The summed E-state index contributed by atoms with van der Waals surface area (Å²) in [7, 11) is 0. The molecule has 2 N–H and O–H groups in total. The maximum atomic E-state index is 12.6. The van der Waals surface area contributed by atoms with Crippen LogP contribution >= 0.6 is 0 Å². The highest BCUT2D eigenvalue weighted by atomic mass is 16.1. The van der Waals surface area contributed by atoms with E-state index in [0.717, 1.165) is 23.1 Å². The van der Waals surface area contributed by atoms with E-state index in [0.29, 0.717) is 17.7 Å². The summed E-state index contributed by atoms with van der Waals surface area (Å²) in [6.45, 7) is 2.48. The second kappa shape index (κ2) is 5.40. The minimum Gasteiger partial charge on any atom is -0.385 e. The summed E-state index contributed by atoms with van der Waals surface area (Å²) in [5.74, 6) is 0.464. The number of nitrogen functional groups attached to an aromatic ring is 1. The molecule has 4 heteroatoms. The number of fused-ring (bicyclic) bond motifs is 1. The van der Waals surface area contributed by atoms with Crippen LogP contribution in [0.3, 0.4) is 0 Å². The van der Waals surface area contributed by atoms with E-state index in [9.17, 15) is 4.79 Å². The number of pyridine rings is 2. The Hall–Kier alpha value is -2.62. The van der Waals surface area contributed by atoms with Crippen molar-refractivity contribution in [3.8, 4) is 0 Å². The van der Waals surface area contributed by atoms with Gasteiger partial charge in [0.05, 0.1) is 12.2 Å². The standard InChI is InChI=1S/C17H17N3O/c1-2-12-7-5-9-19-15(12)11-20-16(18)10-13-6-3-4-8-14(13)17(20)21/h3-10H,2,11,18H2,1H3. The lowest BCUT2D eigenvalue weighted by atomic mass is 10.1. The number of aryl methyl sites for hydroxylation is 1. The third-order valence-electron chi connectivity index (χ3n) is 3.72. The molecule has 0 saturated carbocycles. The zero-order valence-electron chi connectivity index (χ0n) is 11.9. The van der Waals surface area contributed by atoms with Crippen molar-refractivity contribution >= 4 is 16.6 Å². The molecule has 0 amide bonds. The first-order valence-corrected chi connectivity index (χ1v) is 7.01. The minimum absolute atomic E-state index is 0.0710. The van der Waals surface area contributed by atoms with Crippen LogP contribution in [0.4, 0.5) is 5.82 Å². The van der Waals surface area contributed by atoms with Crippen molar-refractivity contribution in [3.63, 3.8) is 0 Å². The first-order valence-electron chi connectivity index (χ1n) is 7.01. The number of rotatable bonds is 3. The molecule has 0 unspecified atom stereocenters. The fourth-order valence-corrected chi connectivity index (χ4v) is 2.57. The van der Waals surface area contributed by atoms with E-state index in [-0.39, 0.29) is 5.56 Å². The number of aromatic nitrogens is 2. The van der Waals surface area contributed by atoms with Crippen molar-refractivity contribution < 1.29 is 0 Å². The van der Waals surface area contributed by atoms with Crippen molar-refractivity contribution in [1.29, 1.82) is 0 Å². The molecule has 0 aliphatic carbocycles. The van der Waals surface area contributed by atoms with Crippen LogP contribution < -0.4 is 11.3 Å². The van der Waals surface area contributed by atoms with Crippen LogP contribution in [-0.4, -0.2) is 9.55 Å². The first-order chi connectivity index (χ1) is 10.2. The van der Waals surface area contributed by atoms with Gasteiger partial charge in [-0.15, -0.1) is 0 Å². The maximum absolute atomic E-state index is 12.6. The normalized spacial score (nSPS) is 10.9. The van der Waals surface area contributed by atoms with Gasteiger partial charge < -0.3 is 5.73 Å². The fraction of sp³-hybridized carbons (Fsp3) is 0.176. The Morgan fingerprint density at radius 3 is 2.81 bits per heavy atom. The van der Waals surface area contributed by atoms with E-state index >= 15 is 0 Å². The van der Waals surface area contributed by atoms with Crippen LogP contribution in [0.2, 0.25) is 0 Å². The molecule has 0 fully saturated rings. The molecule has 2 heterocycles. The lowest BCUT2D eigenvalue weighted by molar-refractivity contribution is 0.747. The summed E-state index contributed by atoms with van der Waals surface area (Å²) in [5.41, 5.74) is 8.02. The van der Waals surface area contributed by atoms with Gasteiger partial charge in [-0.2, -0.15) is 0 Å². The monoisotopic (exact) mass is 279 g/mol. The quantitative estimate of drug-likeness (QED) is 0.801. The number of nitrogens with two attached hydrogens (primary N) is 1. The molecule has 3 aromatic rings. The average Bonchev–Trinajstić information content (AvgIpc) is 2.52. The second-order valence-electron chi connectivity index (χ2n) is 5.01. The molecule has 0 bridgehead atoms. The summed E-state index contributed by atoms with van der Waals surface area (Å²) in [6, 6.07) is 13.3. The molecular weight excluding hydrogens is 262 g/mol. The zero-order valence-corrected chi connectivity index (χ0v) is 11.9. The minimum atomic E-state index is -0.0710. The van der Waals surface area contributed by atoms with Gasteiger partial charge in [0.1, 0.15) is 5.82 Å². The summed E-state index contributed by atoms with van der Waals surface area (Å²) in [4.78, 5) is 17.0. The van der Waals surface area contributed by atoms with Crippen LogP contribution in [0, 0.1) is 0 Å². The van der Waals surface area contributed by atoms with E-state index < -0.39 is 0 Å². The molecule has 0 spiro atoms. The Kier molecular flexibility index (Phi) is 3.44. The molecular formula is C17H17N3O. The zero-order chi connectivity index (χ0) is 14.8. The average molecular weight is 279 g/mol. The molecule has 0 saturated heterocycles. The summed E-state index contributed by atoms with van der Waals surface area (Å²) >= 11 is 0. The number of benzene rings is 1.